The first-order valence-corrected chi connectivity index (χ1v) is 6.67. The first-order chi connectivity index (χ1) is 11.4. The van der Waals surface area contributed by atoms with Gasteiger partial charge in [-0.3, -0.25) is 4.79 Å². The molecule has 0 amide bonds. The van der Waals surface area contributed by atoms with E-state index >= 15 is 0 Å². The van der Waals surface area contributed by atoms with E-state index in [2.05, 4.69) is 9.72 Å². The lowest BCUT2D eigenvalue weighted by Crippen LogP contribution is -2.15. The Bertz CT molecular complexity index is 889. The van der Waals surface area contributed by atoms with Gasteiger partial charge in [-0.05, 0) is 17.5 Å². The predicted molar refractivity (Wildman–Crippen MR) is 73.9 cm³/mol. The van der Waals surface area contributed by atoms with Crippen LogP contribution in [0.15, 0.2) is 30.3 Å². The lowest BCUT2D eigenvalue weighted by Gasteiger charge is -2.08. The van der Waals surface area contributed by atoms with Crippen molar-refractivity contribution in [3.63, 3.8) is 0 Å². The van der Waals surface area contributed by atoms with E-state index in [-0.39, 0.29) is 0 Å². The highest BCUT2D eigenvalue weighted by molar-refractivity contribution is 5.83. The van der Waals surface area contributed by atoms with Gasteiger partial charge in [0.05, 0.1) is 6.42 Å². The molecule has 1 N–H and O–H groups in total. The zero-order chi connectivity index (χ0) is 17.4. The van der Waals surface area contributed by atoms with Crippen LogP contribution in [0.4, 0.5) is 22.0 Å². The molecule has 3 nitrogen and oxygen atoms in total. The summed E-state index contributed by atoms with van der Waals surface area (Å²) in [6.07, 6.45) is -0.436. The minimum atomic E-state index is -2.32. The fourth-order valence-electron chi connectivity index (χ4n) is 2.21. The molecule has 0 unspecified atom stereocenters. The van der Waals surface area contributed by atoms with Gasteiger partial charge in [0.25, 0.3) is 0 Å². The molecule has 0 atom stereocenters. The quantitative estimate of drug-likeness (QED) is 0.257. The van der Waals surface area contributed by atoms with Crippen molar-refractivity contribution < 1.29 is 31.5 Å². The molecule has 0 fully saturated rings. The number of nitrogens with one attached hydrogen (secondary N) is 1. The second-order valence-corrected chi connectivity index (χ2v) is 4.93. The molecular formula is C16H8F5NO2. The molecule has 0 bridgehead atoms. The van der Waals surface area contributed by atoms with Crippen LogP contribution in [0.1, 0.15) is 5.69 Å². The number of H-pyrrole nitrogens is 1. The van der Waals surface area contributed by atoms with E-state index in [1.165, 1.54) is 0 Å². The second-order valence-electron chi connectivity index (χ2n) is 4.93. The Labute approximate surface area is 131 Å². The smallest absolute Gasteiger partial charge is 0.317 e. The molecule has 3 rings (SSSR count). The fraction of sp³-hybridized carbons (Fsp3) is 0.0625. The number of aromatic nitrogens is 1. The largest absolute Gasteiger partial charge is 0.420 e. The van der Waals surface area contributed by atoms with Crippen LogP contribution in [0.3, 0.4) is 0 Å². The molecule has 124 valence electrons. The number of carbonyl (C=O) groups excluding carboxylic acids is 1. The number of halogens is 5. The van der Waals surface area contributed by atoms with E-state index in [9.17, 15) is 26.7 Å². The summed E-state index contributed by atoms with van der Waals surface area (Å²) in [6.45, 7) is 0. The molecule has 0 radical (unpaired) electrons. The van der Waals surface area contributed by atoms with Crippen LogP contribution in [0.5, 0.6) is 5.75 Å². The Balaban J connectivity index is 1.85. The van der Waals surface area contributed by atoms with Crippen LogP contribution in [0.2, 0.25) is 0 Å². The first kappa shape index (κ1) is 16.0. The third-order valence-electron chi connectivity index (χ3n) is 3.31. The number of fused-ring (bicyclic) bond motifs is 1. The first-order valence-electron chi connectivity index (χ1n) is 6.67. The van der Waals surface area contributed by atoms with Crippen molar-refractivity contribution in [2.75, 3.05) is 0 Å². The minimum absolute atomic E-state index is 0.366. The van der Waals surface area contributed by atoms with Crippen molar-refractivity contribution >= 4 is 16.9 Å². The molecular weight excluding hydrogens is 333 g/mol. The summed E-state index contributed by atoms with van der Waals surface area (Å²) in [4.78, 5) is 14.6. The highest BCUT2D eigenvalue weighted by Gasteiger charge is 2.28. The lowest BCUT2D eigenvalue weighted by molar-refractivity contribution is -0.134. The topological polar surface area (TPSA) is 42.1 Å². The molecule has 3 aromatic rings. The Morgan fingerprint density at radius 1 is 0.917 bits per heavy atom. The number of para-hydroxylation sites is 1. The Morgan fingerprint density at radius 3 is 2.12 bits per heavy atom. The number of ether oxygens (including phenoxy) is 1. The van der Waals surface area contributed by atoms with Crippen LogP contribution >= 0.6 is 0 Å². The van der Waals surface area contributed by atoms with Crippen molar-refractivity contribution in [1.82, 2.24) is 4.98 Å². The van der Waals surface area contributed by atoms with Crippen LogP contribution in [0.25, 0.3) is 10.9 Å². The van der Waals surface area contributed by atoms with Gasteiger partial charge < -0.3 is 9.72 Å². The van der Waals surface area contributed by atoms with Gasteiger partial charge in [0.2, 0.25) is 34.8 Å². The van der Waals surface area contributed by atoms with Gasteiger partial charge in [-0.25, -0.2) is 13.2 Å². The molecule has 2 aromatic carbocycles. The van der Waals surface area contributed by atoms with Crippen LogP contribution in [0, 0.1) is 29.1 Å². The van der Waals surface area contributed by atoms with Crippen LogP contribution < -0.4 is 4.74 Å². The number of hydrogen-bond acceptors (Lipinski definition) is 2. The molecule has 0 saturated carbocycles. The molecule has 0 saturated heterocycles. The maximum atomic E-state index is 13.5. The zero-order valence-electron chi connectivity index (χ0n) is 11.8. The molecule has 1 heterocycles. The van der Waals surface area contributed by atoms with Gasteiger partial charge in [-0.1, -0.05) is 18.2 Å². The van der Waals surface area contributed by atoms with Gasteiger partial charge in [0, 0.05) is 11.2 Å². The van der Waals surface area contributed by atoms with E-state index in [1.807, 2.05) is 0 Å². The number of esters is 1. The van der Waals surface area contributed by atoms with Crippen LogP contribution in [-0.4, -0.2) is 11.0 Å². The third kappa shape index (κ3) is 2.70. The standard InChI is InChI=1S/C16H8F5NO2/c17-11-12(18)14(20)16(15(21)13(11)19)24-10(23)6-8-5-7-3-1-2-4-9(7)22-8/h1-5,22H,6H2. The van der Waals surface area contributed by atoms with Gasteiger partial charge in [-0.2, -0.15) is 8.78 Å². The van der Waals surface area contributed by atoms with Crippen molar-refractivity contribution in [2.45, 2.75) is 6.42 Å². The maximum absolute atomic E-state index is 13.5. The van der Waals surface area contributed by atoms with Crippen LogP contribution in [-0.2, 0) is 11.2 Å². The van der Waals surface area contributed by atoms with Gasteiger partial charge >= 0.3 is 5.97 Å². The Kier molecular flexibility index (Phi) is 3.96. The second kappa shape index (κ2) is 5.95. The highest BCUT2D eigenvalue weighted by Crippen LogP contribution is 2.29. The van der Waals surface area contributed by atoms with Crippen molar-refractivity contribution in [1.29, 1.82) is 0 Å². The number of benzene rings is 2. The van der Waals surface area contributed by atoms with E-state index in [0.29, 0.717) is 5.69 Å². The summed E-state index contributed by atoms with van der Waals surface area (Å²) < 4.78 is 70.3. The molecule has 24 heavy (non-hydrogen) atoms. The summed E-state index contributed by atoms with van der Waals surface area (Å²) in [6, 6.07) is 8.65. The van der Waals surface area contributed by atoms with E-state index in [4.69, 9.17) is 0 Å². The number of hydrogen-bond donors (Lipinski definition) is 1. The summed E-state index contributed by atoms with van der Waals surface area (Å²) >= 11 is 0. The number of rotatable bonds is 3. The number of carbonyl (C=O) groups is 1. The highest BCUT2D eigenvalue weighted by atomic mass is 19.2. The average Bonchev–Trinajstić information content (AvgIpc) is 2.97. The average molecular weight is 341 g/mol. The SMILES string of the molecule is O=C(Cc1cc2ccccc2[nH]1)Oc1c(F)c(F)c(F)c(F)c1F. The van der Waals surface area contributed by atoms with Gasteiger partial charge in [-0.15, -0.1) is 0 Å². The fourth-order valence-corrected chi connectivity index (χ4v) is 2.21. The zero-order valence-corrected chi connectivity index (χ0v) is 11.8. The normalized spacial score (nSPS) is 11.0. The maximum Gasteiger partial charge on any atom is 0.317 e. The van der Waals surface area contributed by atoms with Crippen molar-refractivity contribution in [2.24, 2.45) is 0 Å². The summed E-state index contributed by atoms with van der Waals surface area (Å²) in [5, 5.41) is 0.788. The van der Waals surface area contributed by atoms with Crippen molar-refractivity contribution in [3.05, 3.63) is 65.1 Å². The minimum Gasteiger partial charge on any atom is -0.420 e. The predicted octanol–water partition coefficient (Wildman–Crippen LogP) is 4.01. The van der Waals surface area contributed by atoms with Crippen molar-refractivity contribution in [3.8, 4) is 5.75 Å². The van der Waals surface area contributed by atoms with E-state index in [1.54, 1.807) is 30.3 Å². The summed E-state index contributed by atoms with van der Waals surface area (Å²) in [5.41, 5.74) is 1.08. The molecule has 0 spiro atoms. The summed E-state index contributed by atoms with van der Waals surface area (Å²) in [7, 11) is 0. The molecule has 0 aliphatic rings. The number of aromatic amines is 1. The Morgan fingerprint density at radius 2 is 1.50 bits per heavy atom. The molecule has 8 heteroatoms. The summed E-state index contributed by atoms with van der Waals surface area (Å²) in [5.74, 6) is -13.9. The van der Waals surface area contributed by atoms with Gasteiger partial charge in [0.15, 0.2) is 0 Å². The lowest BCUT2D eigenvalue weighted by atomic mass is 10.2. The molecule has 1 aromatic heterocycles. The Hall–Kier alpha value is -2.90. The van der Waals surface area contributed by atoms with E-state index in [0.717, 1.165) is 10.9 Å². The third-order valence-corrected chi connectivity index (χ3v) is 3.31. The molecule has 0 aliphatic carbocycles. The van der Waals surface area contributed by atoms with Gasteiger partial charge in [0.1, 0.15) is 0 Å². The van der Waals surface area contributed by atoms with E-state index < -0.39 is 47.2 Å². The monoisotopic (exact) mass is 341 g/mol. The molecule has 0 aliphatic heterocycles.